The van der Waals surface area contributed by atoms with Crippen molar-refractivity contribution >= 4 is 91.8 Å². The second-order valence-electron chi connectivity index (χ2n) is 11.0. The number of aliphatic hydroxyl groups is 1. The van der Waals surface area contributed by atoms with E-state index >= 15 is 0 Å². The van der Waals surface area contributed by atoms with Crippen LogP contribution in [0.3, 0.4) is 0 Å². The van der Waals surface area contributed by atoms with E-state index in [0.717, 1.165) is 18.3 Å². The molecule has 0 saturated heterocycles. The van der Waals surface area contributed by atoms with Crippen LogP contribution in [0.15, 0.2) is 154 Å². The van der Waals surface area contributed by atoms with E-state index < -0.39 is 0 Å². The largest absolute Gasteiger partial charge is 0.506 e. The predicted octanol–water partition coefficient (Wildman–Crippen LogP) is 12.2. The van der Waals surface area contributed by atoms with Gasteiger partial charge in [-0.2, -0.15) is 0 Å². The van der Waals surface area contributed by atoms with Crippen molar-refractivity contribution < 1.29 is 19.1 Å². The molecule has 0 amide bonds. The fourth-order valence-electron chi connectivity index (χ4n) is 5.35. The molecule has 4 aromatic carbocycles. The zero-order chi connectivity index (χ0) is 33.4. The number of aliphatic hydroxyl groups excluding tert-OH is 1. The number of hydrogen-bond acceptors (Lipinski definition) is 3. The van der Waals surface area contributed by atoms with Gasteiger partial charge in [-0.25, -0.2) is 4.42 Å². The fourth-order valence-corrected chi connectivity index (χ4v) is 6.53. The molecule has 0 bridgehead atoms. The first-order chi connectivity index (χ1) is 23.2. The third-order valence-corrected chi connectivity index (χ3v) is 9.89. The van der Waals surface area contributed by atoms with Crippen LogP contribution in [0.5, 0.6) is 0 Å². The van der Waals surface area contributed by atoms with Crippen LogP contribution in [-0.2, 0) is 9.53 Å². The topological polar surface area (TPSA) is 57.8 Å². The molecule has 1 aromatic heterocycles. The van der Waals surface area contributed by atoms with E-state index in [9.17, 15) is 9.90 Å². The van der Waals surface area contributed by atoms with Crippen molar-refractivity contribution in [2.75, 3.05) is 0 Å². The Hall–Kier alpha value is -3.96. The summed E-state index contributed by atoms with van der Waals surface area (Å²) in [6, 6.07) is 34.4. The Balaban J connectivity index is 1.29. The molecule has 2 heterocycles. The second-order valence-corrected chi connectivity index (χ2v) is 14.3. The summed E-state index contributed by atoms with van der Waals surface area (Å²) in [5, 5.41) is 12.3. The van der Waals surface area contributed by atoms with Gasteiger partial charge in [0.15, 0.2) is 0 Å². The lowest BCUT2D eigenvalue weighted by molar-refractivity contribution is -0.113. The summed E-state index contributed by atoms with van der Waals surface area (Å²) in [6.07, 6.45) is 7.01. The number of allylic oxidation sites excluding steroid dienone is 6. The number of hydrogen-bond donors (Lipinski definition) is 1. The molecule has 0 unspecified atom stereocenters. The molecule has 1 aliphatic carbocycles. The van der Waals surface area contributed by atoms with Gasteiger partial charge in [0.1, 0.15) is 17.3 Å². The van der Waals surface area contributed by atoms with E-state index in [-0.39, 0.29) is 22.7 Å². The molecule has 0 radical (unpaired) electrons. The SMILES string of the molecule is O=C1C(=Cc2cc(-c3ccc(I)cc3)[o+]c(-c3ccccc3Cl)c2)C(O)=C1C=C1C=C(c2ccc(I)cc2)OC(c2ccccc2Cl)=C1. The molecule has 234 valence electrons. The minimum absolute atomic E-state index is 0.0909. The quantitative estimate of drug-likeness (QED) is 0.105. The molecule has 48 heavy (non-hydrogen) atoms. The van der Waals surface area contributed by atoms with Crippen LogP contribution < -0.4 is 0 Å². The van der Waals surface area contributed by atoms with Gasteiger partial charge in [-0.1, -0.05) is 59.6 Å². The molecule has 0 atom stereocenters. The van der Waals surface area contributed by atoms with Crippen LogP contribution in [-0.4, -0.2) is 10.9 Å². The van der Waals surface area contributed by atoms with Crippen LogP contribution in [0.4, 0.5) is 0 Å². The summed E-state index contributed by atoms with van der Waals surface area (Å²) >= 11 is 17.6. The van der Waals surface area contributed by atoms with Gasteiger partial charge in [0.2, 0.25) is 5.78 Å². The Bertz CT molecular complexity index is 2260. The highest BCUT2D eigenvalue weighted by Gasteiger charge is 2.33. The number of benzene rings is 4. The standard InChI is InChI=1S/C40H22Cl2I2O4/c41-33-7-3-1-5-29(33)37-21-23(19-35(47-37)25-9-13-27(43)14-10-25)17-31-39(45)32(40(31)46)18-24-20-36(26-11-15-28(44)16-12-26)48-38(22-24)30-6-2-4-8-34(30)42/h1-22H/p+1. The molecule has 1 N–H and O–H groups in total. The lowest BCUT2D eigenvalue weighted by Crippen LogP contribution is -2.21. The Morgan fingerprint density at radius 1 is 0.667 bits per heavy atom. The van der Waals surface area contributed by atoms with Gasteiger partial charge < -0.3 is 9.84 Å². The van der Waals surface area contributed by atoms with Crippen LogP contribution in [0.2, 0.25) is 10.0 Å². The molecule has 2 aliphatic rings. The highest BCUT2D eigenvalue weighted by Crippen LogP contribution is 2.39. The Labute approximate surface area is 314 Å². The van der Waals surface area contributed by atoms with Gasteiger partial charge in [-0.05, 0) is 141 Å². The van der Waals surface area contributed by atoms with Crippen molar-refractivity contribution in [2.24, 2.45) is 0 Å². The molecule has 5 aromatic rings. The van der Waals surface area contributed by atoms with Crippen LogP contribution in [0, 0.1) is 7.14 Å². The molecule has 0 spiro atoms. The fraction of sp³-hybridized carbons (Fsp3) is 0. The Kier molecular flexibility index (Phi) is 9.42. The van der Waals surface area contributed by atoms with Crippen LogP contribution in [0.25, 0.3) is 40.2 Å². The number of ether oxygens (including phenoxy) is 1. The molecule has 0 saturated carbocycles. The third-order valence-electron chi connectivity index (χ3n) is 7.79. The number of halogens is 4. The Morgan fingerprint density at radius 3 is 1.85 bits per heavy atom. The van der Waals surface area contributed by atoms with Crippen molar-refractivity contribution in [3.05, 3.63) is 184 Å². The minimum atomic E-state index is -0.278. The molecule has 1 aliphatic heterocycles. The van der Waals surface area contributed by atoms with Crippen molar-refractivity contribution in [2.45, 2.75) is 0 Å². The number of Topliss-reactive ketones (excluding diaryl/α,β-unsaturated/α-hetero) is 1. The maximum atomic E-state index is 13.6. The second kappa shape index (κ2) is 13.9. The van der Waals surface area contributed by atoms with E-state index in [1.807, 2.05) is 109 Å². The summed E-state index contributed by atoms with van der Waals surface area (Å²) in [5.41, 5.74) is 4.93. The zero-order valence-corrected chi connectivity index (χ0v) is 30.7. The normalized spacial score (nSPS) is 16.0. The summed E-state index contributed by atoms with van der Waals surface area (Å²) in [6.45, 7) is 0. The maximum Gasteiger partial charge on any atom is 0.362 e. The van der Waals surface area contributed by atoms with Crippen molar-refractivity contribution in [3.8, 4) is 22.6 Å². The molecule has 4 nitrogen and oxygen atoms in total. The van der Waals surface area contributed by atoms with Gasteiger partial charge in [-0.15, -0.1) is 0 Å². The van der Waals surface area contributed by atoms with Crippen molar-refractivity contribution in [1.82, 2.24) is 0 Å². The number of carbonyl (C=O) groups excluding carboxylic acids is 1. The van der Waals surface area contributed by atoms with E-state index in [0.29, 0.717) is 55.3 Å². The maximum absolute atomic E-state index is 13.6. The van der Waals surface area contributed by atoms with Gasteiger partial charge >= 0.3 is 11.5 Å². The number of rotatable bonds is 6. The monoisotopic (exact) mass is 891 g/mol. The minimum Gasteiger partial charge on any atom is -0.506 e. The van der Waals surface area contributed by atoms with Crippen molar-refractivity contribution in [3.63, 3.8) is 0 Å². The number of carbonyl (C=O) groups is 1. The highest BCUT2D eigenvalue weighted by molar-refractivity contribution is 14.1. The molecular formula is C40H23Cl2I2O4+. The van der Waals surface area contributed by atoms with Crippen LogP contribution >= 0.6 is 68.4 Å². The highest BCUT2D eigenvalue weighted by atomic mass is 127. The molecule has 0 fully saturated rings. The molecular weight excluding hydrogens is 869 g/mol. The first-order valence-corrected chi connectivity index (χ1v) is 17.7. The lowest BCUT2D eigenvalue weighted by Gasteiger charge is -2.22. The number of ketones is 1. The zero-order valence-electron chi connectivity index (χ0n) is 24.9. The van der Waals surface area contributed by atoms with Gasteiger partial charge in [0.25, 0.3) is 0 Å². The van der Waals surface area contributed by atoms with E-state index in [1.54, 1.807) is 24.3 Å². The summed E-state index contributed by atoms with van der Waals surface area (Å²) < 4.78 is 14.8. The smallest absolute Gasteiger partial charge is 0.362 e. The summed E-state index contributed by atoms with van der Waals surface area (Å²) in [7, 11) is 0. The first-order valence-electron chi connectivity index (χ1n) is 14.8. The average Bonchev–Trinajstić information content (AvgIpc) is 3.10. The summed E-state index contributed by atoms with van der Waals surface area (Å²) in [4.78, 5) is 13.6. The lowest BCUT2D eigenvalue weighted by atomic mass is 9.85. The first kappa shape index (κ1) is 32.6. The third kappa shape index (κ3) is 6.80. The average molecular weight is 892 g/mol. The van der Waals surface area contributed by atoms with E-state index in [2.05, 4.69) is 45.2 Å². The molecule has 7 rings (SSSR count). The Morgan fingerprint density at radius 2 is 1.23 bits per heavy atom. The molecule has 8 heteroatoms. The van der Waals surface area contributed by atoms with Gasteiger partial charge in [0, 0.05) is 18.3 Å². The van der Waals surface area contributed by atoms with Crippen LogP contribution in [0.1, 0.15) is 16.7 Å². The van der Waals surface area contributed by atoms with Gasteiger partial charge in [0.05, 0.1) is 44.5 Å². The van der Waals surface area contributed by atoms with E-state index in [1.165, 1.54) is 0 Å². The summed E-state index contributed by atoms with van der Waals surface area (Å²) in [5.74, 6) is 1.90. The van der Waals surface area contributed by atoms with E-state index in [4.69, 9.17) is 32.4 Å². The van der Waals surface area contributed by atoms with Gasteiger partial charge in [-0.3, -0.25) is 4.79 Å². The predicted molar refractivity (Wildman–Crippen MR) is 210 cm³/mol. The van der Waals surface area contributed by atoms with Crippen molar-refractivity contribution in [1.29, 1.82) is 0 Å².